The van der Waals surface area contributed by atoms with Gasteiger partial charge in [-0.05, 0) is 71.3 Å². The van der Waals surface area contributed by atoms with Gasteiger partial charge in [0, 0.05) is 23.3 Å². The lowest BCUT2D eigenvalue weighted by atomic mass is 9.82. The minimum absolute atomic E-state index is 0.0468. The van der Waals surface area contributed by atoms with Crippen LogP contribution in [0.2, 0.25) is 0 Å². The summed E-state index contributed by atoms with van der Waals surface area (Å²) >= 11 is 0. The lowest BCUT2D eigenvalue weighted by Crippen LogP contribution is -2.47. The van der Waals surface area contributed by atoms with Gasteiger partial charge in [-0.3, -0.25) is 0 Å². The molecule has 9 heteroatoms. The average Bonchev–Trinajstić information content (AvgIpc) is 3.50. The molecule has 168 valence electrons. The van der Waals surface area contributed by atoms with Crippen LogP contribution >= 0.6 is 0 Å². The Kier molecular flexibility index (Phi) is 6.91. The van der Waals surface area contributed by atoms with Gasteiger partial charge in [0.2, 0.25) is 15.9 Å². The maximum Gasteiger partial charge on any atom is 0.220 e. The van der Waals surface area contributed by atoms with Crippen molar-refractivity contribution in [1.82, 2.24) is 20.0 Å². The number of nitrogens with one attached hydrogen (secondary N) is 2. The zero-order chi connectivity index (χ0) is 21.1. The number of aryl methyl sites for hydroxylation is 1. The van der Waals surface area contributed by atoms with Crippen LogP contribution in [0, 0.1) is 6.92 Å². The summed E-state index contributed by atoms with van der Waals surface area (Å²) < 4.78 is 39.4. The Morgan fingerprint density at radius 2 is 1.90 bits per heavy atom. The molecule has 0 aromatic carbocycles. The highest BCUT2D eigenvalue weighted by Gasteiger charge is 2.40. The number of hydrogen-bond donors (Lipinski definition) is 2. The molecule has 2 N–H and O–H groups in total. The molecular formula is C21H34N4O4S. The van der Waals surface area contributed by atoms with Gasteiger partial charge in [-0.15, -0.1) is 0 Å². The highest BCUT2D eigenvalue weighted by Crippen LogP contribution is 2.38. The second-order valence-corrected chi connectivity index (χ2v) is 10.7. The van der Waals surface area contributed by atoms with Crippen molar-refractivity contribution in [2.24, 2.45) is 0 Å². The first-order valence-electron chi connectivity index (χ1n) is 11.3. The summed E-state index contributed by atoms with van der Waals surface area (Å²) in [4.78, 5) is 8.71. The Labute approximate surface area is 179 Å². The first-order chi connectivity index (χ1) is 14.5. The quantitative estimate of drug-likeness (QED) is 0.608. The largest absolute Gasteiger partial charge is 0.478 e. The van der Waals surface area contributed by atoms with E-state index in [9.17, 15) is 8.42 Å². The van der Waals surface area contributed by atoms with E-state index in [0.717, 1.165) is 68.6 Å². The monoisotopic (exact) mass is 438 g/mol. The molecule has 0 spiro atoms. The van der Waals surface area contributed by atoms with Crippen molar-refractivity contribution in [1.29, 1.82) is 0 Å². The molecule has 1 aromatic heterocycles. The third kappa shape index (κ3) is 5.12. The smallest absolute Gasteiger partial charge is 0.220 e. The van der Waals surface area contributed by atoms with E-state index in [-0.39, 0.29) is 23.4 Å². The van der Waals surface area contributed by atoms with Crippen molar-refractivity contribution in [3.63, 3.8) is 0 Å². The molecule has 2 atom stereocenters. The summed E-state index contributed by atoms with van der Waals surface area (Å²) in [5, 5.41) is 3.23. The van der Waals surface area contributed by atoms with Crippen molar-refractivity contribution in [2.45, 2.75) is 88.1 Å². The zero-order valence-corrected chi connectivity index (χ0v) is 18.8. The Morgan fingerprint density at radius 3 is 2.60 bits per heavy atom. The molecule has 0 unspecified atom stereocenters. The van der Waals surface area contributed by atoms with Crippen LogP contribution < -0.4 is 14.8 Å². The van der Waals surface area contributed by atoms with Crippen LogP contribution in [-0.2, 0) is 14.8 Å². The van der Waals surface area contributed by atoms with Gasteiger partial charge in [-0.1, -0.05) is 0 Å². The summed E-state index contributed by atoms with van der Waals surface area (Å²) in [6.07, 6.45) is 8.19. The second-order valence-electron chi connectivity index (χ2n) is 8.74. The summed E-state index contributed by atoms with van der Waals surface area (Å²) in [5.74, 6) is 1.12. The number of rotatable bonds is 9. The van der Waals surface area contributed by atoms with Gasteiger partial charge in [0.15, 0.2) is 0 Å². The van der Waals surface area contributed by atoms with E-state index in [1.807, 2.05) is 13.8 Å². The Morgan fingerprint density at radius 1 is 1.13 bits per heavy atom. The fraction of sp³-hybridized carbons (Fsp3) is 0.810. The molecule has 2 saturated carbocycles. The molecule has 0 bridgehead atoms. The highest BCUT2D eigenvalue weighted by molar-refractivity contribution is 7.90. The van der Waals surface area contributed by atoms with E-state index in [1.54, 1.807) is 6.33 Å². The number of nitrogens with zero attached hydrogens (tertiary/aromatic N) is 2. The molecule has 1 aliphatic heterocycles. The fourth-order valence-corrected chi connectivity index (χ4v) is 6.36. The van der Waals surface area contributed by atoms with Gasteiger partial charge in [0.1, 0.15) is 6.33 Å². The SMILES string of the molecule is CCOc1ncnc(C)c1[C@H]1CC[C@@H](OC[C@@H]2NCC[C@@H]2NS(=O)(=O)C2CC2)CC1. The summed E-state index contributed by atoms with van der Waals surface area (Å²) in [6, 6.07) is -0.0182. The van der Waals surface area contributed by atoms with Gasteiger partial charge in [-0.2, -0.15) is 0 Å². The van der Waals surface area contributed by atoms with Gasteiger partial charge in [-0.25, -0.2) is 23.1 Å². The molecule has 3 aliphatic rings. The van der Waals surface area contributed by atoms with Gasteiger partial charge >= 0.3 is 0 Å². The third-order valence-corrected chi connectivity index (χ3v) is 8.53. The van der Waals surface area contributed by atoms with E-state index in [1.165, 1.54) is 0 Å². The van der Waals surface area contributed by atoms with Crippen molar-refractivity contribution in [3.05, 3.63) is 17.6 Å². The lowest BCUT2D eigenvalue weighted by Gasteiger charge is -2.31. The second kappa shape index (κ2) is 9.46. The highest BCUT2D eigenvalue weighted by atomic mass is 32.2. The van der Waals surface area contributed by atoms with Crippen LogP contribution in [0.1, 0.15) is 69.0 Å². The van der Waals surface area contributed by atoms with Crippen LogP contribution in [-0.4, -0.2) is 61.6 Å². The normalized spacial score (nSPS) is 29.8. The van der Waals surface area contributed by atoms with Crippen LogP contribution in [0.25, 0.3) is 0 Å². The zero-order valence-electron chi connectivity index (χ0n) is 18.0. The molecular weight excluding hydrogens is 404 g/mol. The summed E-state index contributed by atoms with van der Waals surface area (Å²) in [5.41, 5.74) is 2.14. The van der Waals surface area contributed by atoms with Gasteiger partial charge in [0.25, 0.3) is 0 Å². The maximum absolute atomic E-state index is 12.3. The number of hydrogen-bond acceptors (Lipinski definition) is 7. The van der Waals surface area contributed by atoms with E-state index in [4.69, 9.17) is 9.47 Å². The predicted molar refractivity (Wildman–Crippen MR) is 114 cm³/mol. The van der Waals surface area contributed by atoms with Crippen molar-refractivity contribution < 1.29 is 17.9 Å². The van der Waals surface area contributed by atoms with Crippen LogP contribution in [0.15, 0.2) is 6.33 Å². The number of ether oxygens (including phenoxy) is 2. The summed E-state index contributed by atoms with van der Waals surface area (Å²) in [6.45, 7) is 5.97. The lowest BCUT2D eigenvalue weighted by molar-refractivity contribution is 0.0124. The molecule has 2 aliphatic carbocycles. The number of aromatic nitrogens is 2. The minimum Gasteiger partial charge on any atom is -0.478 e. The molecule has 0 amide bonds. The first kappa shape index (κ1) is 21.9. The van der Waals surface area contributed by atoms with Crippen molar-refractivity contribution in [3.8, 4) is 5.88 Å². The Bertz CT molecular complexity index is 822. The van der Waals surface area contributed by atoms with Gasteiger partial charge in [0.05, 0.1) is 24.6 Å². The van der Waals surface area contributed by atoms with E-state index in [0.29, 0.717) is 19.1 Å². The van der Waals surface area contributed by atoms with Crippen LogP contribution in [0.3, 0.4) is 0 Å². The fourth-order valence-electron chi connectivity index (χ4n) is 4.71. The van der Waals surface area contributed by atoms with Crippen LogP contribution in [0.4, 0.5) is 0 Å². The number of sulfonamides is 1. The Hall–Kier alpha value is -1.29. The molecule has 8 nitrogen and oxygen atoms in total. The predicted octanol–water partition coefficient (Wildman–Crippen LogP) is 2.04. The maximum atomic E-state index is 12.3. The van der Waals surface area contributed by atoms with E-state index >= 15 is 0 Å². The molecule has 3 fully saturated rings. The third-order valence-electron chi connectivity index (χ3n) is 6.55. The minimum atomic E-state index is -3.17. The molecule has 4 rings (SSSR count). The molecule has 2 heterocycles. The average molecular weight is 439 g/mol. The molecule has 30 heavy (non-hydrogen) atoms. The molecule has 0 radical (unpaired) electrons. The van der Waals surface area contributed by atoms with E-state index < -0.39 is 10.0 Å². The van der Waals surface area contributed by atoms with Gasteiger partial charge < -0.3 is 14.8 Å². The van der Waals surface area contributed by atoms with E-state index in [2.05, 4.69) is 20.0 Å². The Balaban J connectivity index is 1.27. The molecule has 1 saturated heterocycles. The standard InChI is InChI=1S/C21H34N4O4S/c1-3-28-21-20(14(2)23-13-24-21)15-4-6-16(7-5-15)29-12-19-18(10-11-22-19)25-30(26,27)17-8-9-17/h13,15-19,22,25H,3-12H2,1-2H3/t15-,16+,18-,19-/m0/s1. The first-order valence-corrected chi connectivity index (χ1v) is 12.8. The van der Waals surface area contributed by atoms with Crippen molar-refractivity contribution >= 4 is 10.0 Å². The van der Waals surface area contributed by atoms with Crippen LogP contribution in [0.5, 0.6) is 5.88 Å². The molecule has 1 aromatic rings. The topological polar surface area (TPSA) is 102 Å². The summed E-state index contributed by atoms with van der Waals surface area (Å²) in [7, 11) is -3.17. The van der Waals surface area contributed by atoms with Crippen molar-refractivity contribution in [2.75, 3.05) is 19.8 Å².